The van der Waals surface area contributed by atoms with Crippen molar-refractivity contribution >= 4 is 16.7 Å². The van der Waals surface area contributed by atoms with E-state index in [-0.39, 0.29) is 5.69 Å². The Bertz CT molecular complexity index is 922. The Kier molecular flexibility index (Phi) is 4.75. The minimum absolute atomic E-state index is 0.101. The second-order valence-corrected chi connectivity index (χ2v) is 6.80. The number of benzene rings is 1. The van der Waals surface area contributed by atoms with Crippen LogP contribution in [-0.2, 0) is 13.2 Å². The van der Waals surface area contributed by atoms with Gasteiger partial charge in [-0.3, -0.25) is 19.0 Å². The number of imidazole rings is 1. The number of hydrogen-bond donors (Lipinski definition) is 0. The highest BCUT2D eigenvalue weighted by Gasteiger charge is 2.20. The van der Waals surface area contributed by atoms with E-state index < -0.39 is 0 Å². The van der Waals surface area contributed by atoms with Crippen molar-refractivity contribution in [1.29, 1.82) is 0 Å². The summed E-state index contributed by atoms with van der Waals surface area (Å²) >= 11 is 0. The first kappa shape index (κ1) is 16.8. The fourth-order valence-electron chi connectivity index (χ4n) is 3.75. The molecule has 2 aromatic heterocycles. The maximum Gasteiger partial charge on any atom is 0.330 e. The molecule has 0 atom stereocenters. The molecule has 6 nitrogen and oxygen atoms in total. The molecule has 0 radical (unpaired) electrons. The van der Waals surface area contributed by atoms with Gasteiger partial charge in [-0.2, -0.15) is 0 Å². The summed E-state index contributed by atoms with van der Waals surface area (Å²) in [6.45, 7) is 7.35. The predicted molar refractivity (Wildman–Crippen MR) is 105 cm³/mol. The summed E-state index contributed by atoms with van der Waals surface area (Å²) in [5.41, 5.74) is 3.39. The Hall–Kier alpha value is -2.60. The standard InChI is InChI=1S/C20H25N5O/c1-2-11-24-18-5-3-4-6-19(18)25(20(24)26)16-22-12-14-23(15-13-22)17-7-9-21-10-8-17/h3-10H,2,11-16H2,1H3. The first-order valence-corrected chi connectivity index (χ1v) is 9.33. The summed E-state index contributed by atoms with van der Waals surface area (Å²) in [4.78, 5) is 21.7. The van der Waals surface area contributed by atoms with E-state index in [2.05, 4.69) is 39.9 Å². The molecule has 0 saturated carbocycles. The van der Waals surface area contributed by atoms with Crippen molar-refractivity contribution in [1.82, 2.24) is 19.0 Å². The van der Waals surface area contributed by atoms with Gasteiger partial charge in [-0.1, -0.05) is 19.1 Å². The highest BCUT2D eigenvalue weighted by atomic mass is 16.1. The molecule has 0 unspecified atom stereocenters. The van der Waals surface area contributed by atoms with Crippen LogP contribution in [0.5, 0.6) is 0 Å². The van der Waals surface area contributed by atoms with Gasteiger partial charge in [0.15, 0.2) is 0 Å². The van der Waals surface area contributed by atoms with Crippen molar-refractivity contribution in [2.75, 3.05) is 31.1 Å². The van der Waals surface area contributed by atoms with Crippen molar-refractivity contribution in [3.8, 4) is 0 Å². The van der Waals surface area contributed by atoms with Gasteiger partial charge in [0.2, 0.25) is 0 Å². The van der Waals surface area contributed by atoms with Crippen LogP contribution >= 0.6 is 0 Å². The number of aromatic nitrogens is 3. The van der Waals surface area contributed by atoms with Gasteiger partial charge in [-0.15, -0.1) is 0 Å². The third kappa shape index (κ3) is 3.12. The summed E-state index contributed by atoms with van der Waals surface area (Å²) in [5, 5.41) is 0. The van der Waals surface area contributed by atoms with Gasteiger partial charge in [-0.05, 0) is 30.7 Å². The summed E-state index contributed by atoms with van der Waals surface area (Å²) in [6.07, 6.45) is 4.63. The molecule has 3 heterocycles. The van der Waals surface area contributed by atoms with Crippen LogP contribution in [0.4, 0.5) is 5.69 Å². The maximum atomic E-state index is 12.9. The number of fused-ring (bicyclic) bond motifs is 1. The molecule has 1 aromatic carbocycles. The maximum absolute atomic E-state index is 12.9. The lowest BCUT2D eigenvalue weighted by Gasteiger charge is -2.36. The van der Waals surface area contributed by atoms with E-state index in [0.29, 0.717) is 6.67 Å². The molecule has 6 heteroatoms. The Morgan fingerprint density at radius 3 is 2.23 bits per heavy atom. The zero-order valence-electron chi connectivity index (χ0n) is 15.2. The van der Waals surface area contributed by atoms with Crippen LogP contribution in [0, 0.1) is 0 Å². The Morgan fingerprint density at radius 2 is 1.58 bits per heavy atom. The average Bonchev–Trinajstić information content (AvgIpc) is 2.96. The van der Waals surface area contributed by atoms with E-state index in [1.807, 2.05) is 39.7 Å². The number of piperazine rings is 1. The molecular weight excluding hydrogens is 326 g/mol. The lowest BCUT2D eigenvalue weighted by atomic mass is 10.3. The van der Waals surface area contributed by atoms with Crippen molar-refractivity contribution in [2.24, 2.45) is 0 Å². The molecule has 4 rings (SSSR count). The second kappa shape index (κ2) is 7.33. The largest absolute Gasteiger partial charge is 0.369 e. The molecule has 1 aliphatic heterocycles. The third-order valence-corrected chi connectivity index (χ3v) is 5.11. The van der Waals surface area contributed by atoms with Gasteiger partial charge in [0, 0.05) is 50.8 Å². The van der Waals surface area contributed by atoms with E-state index in [1.54, 1.807) is 0 Å². The topological polar surface area (TPSA) is 46.3 Å². The zero-order valence-corrected chi connectivity index (χ0v) is 15.2. The van der Waals surface area contributed by atoms with Crippen molar-refractivity contribution in [2.45, 2.75) is 26.6 Å². The molecule has 3 aromatic rings. The number of anilines is 1. The van der Waals surface area contributed by atoms with Crippen LogP contribution in [0.2, 0.25) is 0 Å². The quantitative estimate of drug-likeness (QED) is 0.708. The lowest BCUT2D eigenvalue weighted by Crippen LogP contribution is -2.47. The first-order chi connectivity index (χ1) is 12.8. The van der Waals surface area contributed by atoms with Crippen LogP contribution in [-0.4, -0.2) is 45.2 Å². The molecule has 0 amide bonds. The molecule has 0 aliphatic carbocycles. The monoisotopic (exact) mass is 351 g/mol. The zero-order chi connectivity index (χ0) is 17.9. The van der Waals surface area contributed by atoms with Crippen LogP contribution in [0.25, 0.3) is 11.0 Å². The Balaban J connectivity index is 1.52. The molecular formula is C20H25N5O. The fourth-order valence-corrected chi connectivity index (χ4v) is 3.75. The molecule has 0 bridgehead atoms. The van der Waals surface area contributed by atoms with E-state index in [0.717, 1.165) is 50.2 Å². The highest BCUT2D eigenvalue weighted by Crippen LogP contribution is 2.17. The van der Waals surface area contributed by atoms with Gasteiger partial charge in [0.1, 0.15) is 0 Å². The van der Waals surface area contributed by atoms with E-state index >= 15 is 0 Å². The van der Waals surface area contributed by atoms with Crippen LogP contribution in [0.3, 0.4) is 0 Å². The van der Waals surface area contributed by atoms with Gasteiger partial charge in [0.05, 0.1) is 17.7 Å². The summed E-state index contributed by atoms with van der Waals surface area (Å²) in [6, 6.07) is 12.2. The van der Waals surface area contributed by atoms with E-state index in [9.17, 15) is 4.79 Å². The molecule has 136 valence electrons. The number of hydrogen-bond acceptors (Lipinski definition) is 4. The smallest absolute Gasteiger partial charge is 0.330 e. The Labute approximate surface area is 153 Å². The van der Waals surface area contributed by atoms with Crippen LogP contribution in [0.1, 0.15) is 13.3 Å². The van der Waals surface area contributed by atoms with Crippen molar-refractivity contribution in [3.05, 3.63) is 59.3 Å². The van der Waals surface area contributed by atoms with E-state index in [1.165, 1.54) is 5.69 Å². The lowest BCUT2D eigenvalue weighted by molar-refractivity contribution is 0.205. The van der Waals surface area contributed by atoms with Gasteiger partial charge in [0.25, 0.3) is 0 Å². The predicted octanol–water partition coefficient (Wildman–Crippen LogP) is 2.39. The summed E-state index contributed by atoms with van der Waals surface area (Å²) in [7, 11) is 0. The number of nitrogens with zero attached hydrogens (tertiary/aromatic N) is 5. The van der Waals surface area contributed by atoms with Crippen LogP contribution in [0.15, 0.2) is 53.6 Å². The molecule has 26 heavy (non-hydrogen) atoms. The van der Waals surface area contributed by atoms with Crippen molar-refractivity contribution in [3.63, 3.8) is 0 Å². The highest BCUT2D eigenvalue weighted by molar-refractivity contribution is 5.75. The average molecular weight is 351 g/mol. The number of para-hydroxylation sites is 2. The molecule has 1 aliphatic rings. The van der Waals surface area contributed by atoms with Gasteiger partial charge >= 0.3 is 5.69 Å². The molecule has 0 spiro atoms. The summed E-state index contributed by atoms with van der Waals surface area (Å²) in [5.74, 6) is 0. The normalized spacial score (nSPS) is 15.7. The minimum atomic E-state index is 0.101. The Morgan fingerprint density at radius 1 is 0.923 bits per heavy atom. The summed E-state index contributed by atoms with van der Waals surface area (Å²) < 4.78 is 3.83. The van der Waals surface area contributed by atoms with E-state index in [4.69, 9.17) is 0 Å². The number of rotatable bonds is 5. The van der Waals surface area contributed by atoms with Gasteiger partial charge in [-0.25, -0.2) is 4.79 Å². The minimum Gasteiger partial charge on any atom is -0.369 e. The second-order valence-electron chi connectivity index (χ2n) is 6.80. The number of pyridine rings is 1. The fraction of sp³-hybridized carbons (Fsp3) is 0.400. The number of aryl methyl sites for hydroxylation is 1. The third-order valence-electron chi connectivity index (χ3n) is 5.11. The van der Waals surface area contributed by atoms with Crippen molar-refractivity contribution < 1.29 is 0 Å². The van der Waals surface area contributed by atoms with Gasteiger partial charge < -0.3 is 4.90 Å². The first-order valence-electron chi connectivity index (χ1n) is 9.33. The molecule has 1 saturated heterocycles. The molecule has 0 N–H and O–H groups in total. The SMILES string of the molecule is CCCn1c(=O)n(CN2CCN(c3ccncc3)CC2)c2ccccc21. The van der Waals surface area contributed by atoms with Crippen LogP contribution < -0.4 is 10.6 Å². The molecule has 1 fully saturated rings.